The summed E-state index contributed by atoms with van der Waals surface area (Å²) in [7, 11) is 1.69. The highest BCUT2D eigenvalue weighted by Gasteiger charge is 2.17. The lowest BCUT2D eigenvalue weighted by atomic mass is 10.2. The lowest BCUT2D eigenvalue weighted by molar-refractivity contribution is -0.917. The Morgan fingerprint density at radius 3 is 2.85 bits per heavy atom. The highest BCUT2D eigenvalue weighted by Crippen LogP contribution is 2.11. The van der Waals surface area contributed by atoms with Gasteiger partial charge in [0.1, 0.15) is 31.6 Å². The van der Waals surface area contributed by atoms with Crippen molar-refractivity contribution in [3.05, 3.63) is 72.3 Å². The van der Waals surface area contributed by atoms with Crippen molar-refractivity contribution < 1.29 is 19.1 Å². The molecular weight excluding hydrogens is 331 g/mol. The molecule has 0 aliphatic heterocycles. The van der Waals surface area contributed by atoms with Crippen molar-refractivity contribution in [3.8, 4) is 0 Å². The summed E-state index contributed by atoms with van der Waals surface area (Å²) in [5.41, 5.74) is 1.80. The summed E-state index contributed by atoms with van der Waals surface area (Å²) in [5, 5.41) is 10.3. The van der Waals surface area contributed by atoms with Crippen molar-refractivity contribution in [3.63, 3.8) is 0 Å². The number of aliphatic hydroxyl groups excluding tert-OH is 1. The van der Waals surface area contributed by atoms with Gasteiger partial charge in [0.15, 0.2) is 0 Å². The normalized spacial score (nSPS) is 13.5. The third-order valence-electron chi connectivity index (χ3n) is 4.54. The molecule has 1 unspecified atom stereocenters. The van der Waals surface area contributed by atoms with Crippen LogP contribution < -0.4 is 4.90 Å². The number of ether oxygens (including phenoxy) is 1. The number of hydrogen-bond donors (Lipinski definition) is 2. The number of aromatic nitrogens is 1. The predicted octanol–water partition coefficient (Wildman–Crippen LogP) is 2.03. The molecule has 0 saturated heterocycles. The largest absolute Gasteiger partial charge is 0.387 e. The van der Waals surface area contributed by atoms with Gasteiger partial charge in [0, 0.05) is 18.9 Å². The zero-order valence-electron chi connectivity index (χ0n) is 15.5. The summed E-state index contributed by atoms with van der Waals surface area (Å²) in [6.45, 7) is 7.08. The van der Waals surface area contributed by atoms with Crippen molar-refractivity contribution in [1.29, 1.82) is 0 Å². The van der Waals surface area contributed by atoms with Gasteiger partial charge in [-0.05, 0) is 31.0 Å². The average molecular weight is 361 g/mol. The first-order valence-corrected chi connectivity index (χ1v) is 9.13. The summed E-state index contributed by atoms with van der Waals surface area (Å²) < 4.78 is 21.2. The number of methoxy groups -OCH3 is 1. The molecule has 4 nitrogen and oxygen atoms in total. The number of benzene rings is 1. The summed E-state index contributed by atoms with van der Waals surface area (Å²) in [6, 6.07) is 10.9. The van der Waals surface area contributed by atoms with Crippen LogP contribution in [0, 0.1) is 5.82 Å². The van der Waals surface area contributed by atoms with Crippen molar-refractivity contribution in [2.24, 2.45) is 0 Å². The van der Waals surface area contributed by atoms with E-state index in [2.05, 4.69) is 17.2 Å². The van der Waals surface area contributed by atoms with Crippen LogP contribution >= 0.6 is 0 Å². The fraction of sp³-hybridized carbons (Fsp3) is 0.429. The molecular formula is C21H30FN2O2+. The van der Waals surface area contributed by atoms with Crippen LogP contribution in [0.2, 0.25) is 0 Å². The maximum atomic E-state index is 14.0. The Kier molecular flexibility index (Phi) is 8.54. The second-order valence-electron chi connectivity index (χ2n) is 6.61. The molecule has 0 fully saturated rings. The molecule has 1 heterocycles. The van der Waals surface area contributed by atoms with Crippen LogP contribution in [-0.2, 0) is 17.8 Å². The van der Waals surface area contributed by atoms with E-state index in [0.29, 0.717) is 25.3 Å². The number of allylic oxidation sites excluding steroid dienone is 1. The van der Waals surface area contributed by atoms with Crippen molar-refractivity contribution >= 4 is 0 Å². The van der Waals surface area contributed by atoms with E-state index in [1.807, 2.05) is 30.5 Å². The summed E-state index contributed by atoms with van der Waals surface area (Å²) >= 11 is 0. The SMILES string of the molecule is C=CCC[C@@H](O)C[NH+](CCOC)Cc1cccn1Cc1ccccc1F. The molecule has 0 aliphatic rings. The Morgan fingerprint density at radius 2 is 2.12 bits per heavy atom. The van der Waals surface area contributed by atoms with Crippen LogP contribution in [0.4, 0.5) is 4.39 Å². The van der Waals surface area contributed by atoms with E-state index in [1.165, 1.54) is 11.0 Å². The van der Waals surface area contributed by atoms with Crippen molar-refractivity contribution in [1.82, 2.24) is 4.57 Å². The number of nitrogens with one attached hydrogen (secondary N) is 1. The van der Waals surface area contributed by atoms with Gasteiger partial charge in [0.2, 0.25) is 0 Å². The molecule has 0 saturated carbocycles. The molecule has 0 bridgehead atoms. The number of hydrogen-bond acceptors (Lipinski definition) is 2. The first-order valence-electron chi connectivity index (χ1n) is 9.13. The van der Waals surface area contributed by atoms with E-state index in [4.69, 9.17) is 4.74 Å². The van der Waals surface area contributed by atoms with Crippen molar-refractivity contribution in [2.75, 3.05) is 26.8 Å². The average Bonchev–Trinajstić information content (AvgIpc) is 3.06. The molecule has 5 heteroatoms. The van der Waals surface area contributed by atoms with Crippen LogP contribution in [-0.4, -0.2) is 42.6 Å². The molecule has 2 aromatic rings. The Labute approximate surface area is 155 Å². The van der Waals surface area contributed by atoms with E-state index in [1.54, 1.807) is 13.2 Å². The Hall–Kier alpha value is -1.95. The van der Waals surface area contributed by atoms with E-state index < -0.39 is 0 Å². The standard InChI is InChI=1S/C21H29FN2O2/c1-3-4-10-20(25)17-23(13-14-26-2)16-19-9-7-12-24(19)15-18-8-5-6-11-21(18)22/h3,5-9,11-12,20,25H,1,4,10,13-17H2,2H3/p+1/t20-/m1/s1. The van der Waals surface area contributed by atoms with Gasteiger partial charge >= 0.3 is 0 Å². The number of quaternary nitrogens is 1. The lowest BCUT2D eigenvalue weighted by Gasteiger charge is -2.23. The fourth-order valence-corrected chi connectivity index (χ4v) is 3.09. The molecule has 142 valence electrons. The molecule has 2 atom stereocenters. The van der Waals surface area contributed by atoms with Crippen molar-refractivity contribution in [2.45, 2.75) is 32.0 Å². The molecule has 0 aliphatic carbocycles. The Bertz CT molecular complexity index is 672. The third-order valence-corrected chi connectivity index (χ3v) is 4.54. The maximum absolute atomic E-state index is 14.0. The van der Waals surface area contributed by atoms with Gasteiger partial charge in [-0.1, -0.05) is 24.3 Å². The maximum Gasteiger partial charge on any atom is 0.128 e. The molecule has 26 heavy (non-hydrogen) atoms. The monoisotopic (exact) mass is 361 g/mol. The quantitative estimate of drug-likeness (QED) is 0.568. The molecule has 1 aromatic carbocycles. The van der Waals surface area contributed by atoms with Gasteiger partial charge < -0.3 is 19.3 Å². The highest BCUT2D eigenvalue weighted by atomic mass is 19.1. The highest BCUT2D eigenvalue weighted by molar-refractivity contribution is 5.19. The first kappa shape index (κ1) is 20.4. The summed E-state index contributed by atoms with van der Waals surface area (Å²) in [5.74, 6) is -0.185. The second-order valence-corrected chi connectivity index (χ2v) is 6.61. The summed E-state index contributed by atoms with van der Waals surface area (Å²) in [4.78, 5) is 1.25. The number of rotatable bonds is 12. The molecule has 1 aromatic heterocycles. The Balaban J connectivity index is 2.04. The van der Waals surface area contributed by atoms with Gasteiger partial charge in [-0.3, -0.25) is 0 Å². The molecule has 0 amide bonds. The van der Waals surface area contributed by atoms with Gasteiger partial charge in [0.05, 0.1) is 18.8 Å². The van der Waals surface area contributed by atoms with Gasteiger partial charge in [-0.2, -0.15) is 0 Å². The minimum absolute atomic E-state index is 0.185. The van der Waals surface area contributed by atoms with E-state index >= 15 is 0 Å². The zero-order chi connectivity index (χ0) is 18.8. The molecule has 2 rings (SSSR count). The smallest absolute Gasteiger partial charge is 0.128 e. The Morgan fingerprint density at radius 1 is 1.31 bits per heavy atom. The van der Waals surface area contributed by atoms with E-state index in [0.717, 1.165) is 31.6 Å². The number of halogens is 1. The topological polar surface area (TPSA) is 38.8 Å². The van der Waals surface area contributed by atoms with Gasteiger partial charge in [-0.25, -0.2) is 4.39 Å². The van der Waals surface area contributed by atoms with Gasteiger partial charge in [0.25, 0.3) is 0 Å². The third kappa shape index (κ3) is 6.41. The predicted molar refractivity (Wildman–Crippen MR) is 102 cm³/mol. The van der Waals surface area contributed by atoms with E-state index in [-0.39, 0.29) is 11.9 Å². The number of nitrogens with zero attached hydrogens (tertiary/aromatic N) is 1. The van der Waals surface area contributed by atoms with E-state index in [9.17, 15) is 9.50 Å². The lowest BCUT2D eigenvalue weighted by Crippen LogP contribution is -3.12. The first-order chi connectivity index (χ1) is 12.6. The van der Waals surface area contributed by atoms with Crippen LogP contribution in [0.5, 0.6) is 0 Å². The van der Waals surface area contributed by atoms with Gasteiger partial charge in [-0.15, -0.1) is 6.58 Å². The zero-order valence-corrected chi connectivity index (χ0v) is 15.5. The van der Waals surface area contributed by atoms with Crippen LogP contribution in [0.3, 0.4) is 0 Å². The van der Waals surface area contributed by atoms with Crippen LogP contribution in [0.25, 0.3) is 0 Å². The minimum atomic E-state index is -0.366. The number of aliphatic hydroxyl groups is 1. The molecule has 0 radical (unpaired) electrons. The summed E-state index contributed by atoms with van der Waals surface area (Å²) in [6.07, 6.45) is 4.97. The second kappa shape index (κ2) is 10.9. The van der Waals surface area contributed by atoms with Crippen LogP contribution in [0.15, 0.2) is 55.3 Å². The molecule has 2 N–H and O–H groups in total. The molecule has 0 spiro atoms. The minimum Gasteiger partial charge on any atom is -0.387 e. The van der Waals surface area contributed by atoms with Crippen LogP contribution in [0.1, 0.15) is 24.1 Å². The fourth-order valence-electron chi connectivity index (χ4n) is 3.09.